The number of hydrogen-bond acceptors (Lipinski definition) is 3. The quantitative estimate of drug-likeness (QED) is 0.649. The van der Waals surface area contributed by atoms with E-state index in [1.54, 1.807) is 0 Å². The lowest BCUT2D eigenvalue weighted by Gasteiger charge is -2.12. The highest BCUT2D eigenvalue weighted by Crippen LogP contribution is 2.14. The van der Waals surface area contributed by atoms with E-state index in [0.29, 0.717) is 0 Å². The summed E-state index contributed by atoms with van der Waals surface area (Å²) in [6.45, 7) is 8.66. The van der Waals surface area contributed by atoms with Crippen LogP contribution >= 0.6 is 0 Å². The second-order valence-corrected chi connectivity index (χ2v) is 4.04. The molecule has 0 radical (unpaired) electrons. The summed E-state index contributed by atoms with van der Waals surface area (Å²) in [7, 11) is 1.88. The summed E-state index contributed by atoms with van der Waals surface area (Å²) < 4.78 is 0. The molecule has 0 bridgehead atoms. The summed E-state index contributed by atoms with van der Waals surface area (Å²) in [5, 5.41) is 3.22. The summed E-state index contributed by atoms with van der Waals surface area (Å²) >= 11 is 0. The van der Waals surface area contributed by atoms with Gasteiger partial charge in [0.1, 0.15) is 0 Å². The predicted octanol–water partition coefficient (Wildman–Crippen LogP) is 2.73. The maximum Gasteiger partial charge on any atom is 0.0264 e. The summed E-state index contributed by atoms with van der Waals surface area (Å²) in [5.74, 6) is 0. The Morgan fingerprint density at radius 3 is 2.06 bits per heavy atom. The molecular formula is C14H29N3. The van der Waals surface area contributed by atoms with Gasteiger partial charge in [0.05, 0.1) is 0 Å². The van der Waals surface area contributed by atoms with Gasteiger partial charge in [0.2, 0.25) is 0 Å². The lowest BCUT2D eigenvalue weighted by molar-refractivity contribution is 0.648. The molecule has 0 saturated carbocycles. The maximum absolute atomic E-state index is 3.22. The number of hydrogen-bond donors (Lipinski definition) is 3. The van der Waals surface area contributed by atoms with Crippen LogP contribution in [0.4, 0.5) is 0 Å². The topological polar surface area (TPSA) is 36.1 Å². The zero-order valence-electron chi connectivity index (χ0n) is 11.9. The fraction of sp³-hybridized carbons (Fsp3) is 0.714. The predicted molar refractivity (Wildman–Crippen MR) is 76.7 cm³/mol. The van der Waals surface area contributed by atoms with Crippen molar-refractivity contribution in [1.29, 1.82) is 0 Å². The molecule has 1 aliphatic carbocycles. The Labute approximate surface area is 107 Å². The van der Waals surface area contributed by atoms with Crippen molar-refractivity contribution in [2.45, 2.75) is 46.5 Å². The molecule has 1 heterocycles. The molecule has 3 heteroatoms. The molecule has 3 N–H and O–H groups in total. The molecule has 0 aromatic heterocycles. The molecule has 1 fully saturated rings. The number of rotatable bonds is 2. The Balaban J connectivity index is 0.000000306. The zero-order valence-corrected chi connectivity index (χ0v) is 11.9. The van der Waals surface area contributed by atoms with Gasteiger partial charge in [-0.3, -0.25) is 0 Å². The Hall–Kier alpha value is -0.800. The van der Waals surface area contributed by atoms with Gasteiger partial charge in [-0.15, -0.1) is 0 Å². The standard InChI is InChI=1S/C8H14N2.C4H9N.C2H6/c1-7-3-5-8(6-4-7)10-9-2;1-2-4-5-3-1;1-2/h3,5,9-10H,4,6H2,1-2H3;5H,1-4H2;1-2H3. The van der Waals surface area contributed by atoms with Crippen LogP contribution < -0.4 is 16.2 Å². The van der Waals surface area contributed by atoms with Crippen LogP contribution in [0.15, 0.2) is 23.4 Å². The van der Waals surface area contributed by atoms with Gasteiger partial charge in [0.15, 0.2) is 0 Å². The number of nitrogens with one attached hydrogen (secondary N) is 3. The van der Waals surface area contributed by atoms with Gasteiger partial charge < -0.3 is 10.7 Å². The van der Waals surface area contributed by atoms with Crippen molar-refractivity contribution in [2.24, 2.45) is 0 Å². The highest BCUT2D eigenvalue weighted by atomic mass is 15.3. The third-order valence-electron chi connectivity index (χ3n) is 2.60. The van der Waals surface area contributed by atoms with Crippen molar-refractivity contribution in [1.82, 2.24) is 16.2 Å². The highest BCUT2D eigenvalue weighted by molar-refractivity contribution is 5.21. The first-order valence-electron chi connectivity index (χ1n) is 6.82. The zero-order chi connectivity index (χ0) is 12.9. The molecule has 0 spiro atoms. The number of hydrazine groups is 1. The first kappa shape index (κ1) is 16.2. The van der Waals surface area contributed by atoms with Crippen LogP contribution in [0, 0.1) is 0 Å². The molecule has 3 nitrogen and oxygen atoms in total. The first-order valence-corrected chi connectivity index (χ1v) is 6.82. The average molecular weight is 239 g/mol. The van der Waals surface area contributed by atoms with Crippen LogP contribution in [-0.4, -0.2) is 20.1 Å². The molecule has 0 aromatic carbocycles. The molecule has 1 aliphatic heterocycles. The average Bonchev–Trinajstić information content (AvgIpc) is 2.94. The third-order valence-corrected chi connectivity index (χ3v) is 2.60. The van der Waals surface area contributed by atoms with E-state index in [9.17, 15) is 0 Å². The smallest absolute Gasteiger partial charge is 0.0264 e. The van der Waals surface area contributed by atoms with Gasteiger partial charge in [-0.2, -0.15) is 0 Å². The van der Waals surface area contributed by atoms with Crippen LogP contribution in [0.3, 0.4) is 0 Å². The van der Waals surface area contributed by atoms with Gasteiger partial charge >= 0.3 is 0 Å². The van der Waals surface area contributed by atoms with E-state index >= 15 is 0 Å². The largest absolute Gasteiger partial charge is 0.326 e. The summed E-state index contributed by atoms with van der Waals surface area (Å²) in [6.07, 6.45) is 9.36. The monoisotopic (exact) mass is 239 g/mol. The molecule has 0 unspecified atom stereocenters. The molecule has 17 heavy (non-hydrogen) atoms. The Morgan fingerprint density at radius 2 is 1.71 bits per heavy atom. The van der Waals surface area contributed by atoms with Crippen LogP contribution in [0.5, 0.6) is 0 Å². The lowest BCUT2D eigenvalue weighted by atomic mass is 10.0. The molecule has 1 saturated heterocycles. The fourth-order valence-corrected chi connectivity index (χ4v) is 1.63. The second kappa shape index (κ2) is 11.7. The van der Waals surface area contributed by atoms with Gasteiger partial charge in [-0.05, 0) is 51.8 Å². The van der Waals surface area contributed by atoms with E-state index in [-0.39, 0.29) is 0 Å². The van der Waals surface area contributed by atoms with Gasteiger partial charge in [-0.25, -0.2) is 5.43 Å². The molecule has 100 valence electrons. The van der Waals surface area contributed by atoms with Crippen LogP contribution in [-0.2, 0) is 0 Å². The molecule has 2 rings (SSSR count). The van der Waals surface area contributed by atoms with E-state index in [2.05, 4.69) is 35.2 Å². The van der Waals surface area contributed by atoms with Crippen molar-refractivity contribution in [3.8, 4) is 0 Å². The summed E-state index contributed by atoms with van der Waals surface area (Å²) in [4.78, 5) is 0. The van der Waals surface area contributed by atoms with E-state index in [1.165, 1.54) is 43.6 Å². The third kappa shape index (κ3) is 8.95. The normalized spacial score (nSPS) is 17.9. The Morgan fingerprint density at radius 1 is 1.06 bits per heavy atom. The Bertz CT molecular complexity index is 216. The maximum atomic E-state index is 3.22. The molecule has 0 aromatic rings. The van der Waals surface area contributed by atoms with Crippen molar-refractivity contribution < 1.29 is 0 Å². The SMILES string of the molecule is C1CCNC1.CC.CNNC1=CC=C(C)CC1. The minimum atomic E-state index is 1.13. The van der Waals surface area contributed by atoms with Crippen LogP contribution in [0.25, 0.3) is 0 Å². The first-order chi connectivity index (χ1) is 8.33. The van der Waals surface area contributed by atoms with Crippen molar-refractivity contribution in [2.75, 3.05) is 20.1 Å². The molecule has 0 amide bonds. The Kier molecular flexibility index (Phi) is 11.1. The van der Waals surface area contributed by atoms with Crippen molar-refractivity contribution in [3.05, 3.63) is 23.4 Å². The highest BCUT2D eigenvalue weighted by Gasteiger charge is 2.00. The van der Waals surface area contributed by atoms with E-state index in [0.717, 1.165) is 6.42 Å². The van der Waals surface area contributed by atoms with Crippen LogP contribution in [0.1, 0.15) is 46.5 Å². The minimum Gasteiger partial charge on any atom is -0.326 e. The second-order valence-electron chi connectivity index (χ2n) is 4.04. The number of allylic oxidation sites excluding steroid dienone is 4. The van der Waals surface area contributed by atoms with Crippen LogP contribution in [0.2, 0.25) is 0 Å². The fourth-order valence-electron chi connectivity index (χ4n) is 1.63. The van der Waals surface area contributed by atoms with E-state index in [1.807, 2.05) is 20.9 Å². The lowest BCUT2D eigenvalue weighted by Crippen LogP contribution is -2.27. The van der Waals surface area contributed by atoms with Gasteiger partial charge in [-0.1, -0.05) is 25.5 Å². The van der Waals surface area contributed by atoms with Crippen molar-refractivity contribution in [3.63, 3.8) is 0 Å². The summed E-state index contributed by atoms with van der Waals surface area (Å²) in [6, 6.07) is 0. The van der Waals surface area contributed by atoms with Gasteiger partial charge in [0, 0.05) is 12.7 Å². The van der Waals surface area contributed by atoms with Crippen molar-refractivity contribution >= 4 is 0 Å². The van der Waals surface area contributed by atoms with Gasteiger partial charge in [0.25, 0.3) is 0 Å². The summed E-state index contributed by atoms with van der Waals surface area (Å²) in [5.41, 5.74) is 8.71. The van der Waals surface area contributed by atoms with E-state index in [4.69, 9.17) is 0 Å². The molecule has 2 aliphatic rings. The van der Waals surface area contributed by atoms with E-state index < -0.39 is 0 Å². The minimum absolute atomic E-state index is 1.13. The molecular weight excluding hydrogens is 210 g/mol. The molecule has 0 atom stereocenters.